The third-order valence-corrected chi connectivity index (χ3v) is 5.37. The van der Waals surface area contributed by atoms with Crippen LogP contribution in [0.3, 0.4) is 0 Å². The van der Waals surface area contributed by atoms with Crippen molar-refractivity contribution in [2.75, 3.05) is 36.5 Å². The summed E-state index contributed by atoms with van der Waals surface area (Å²) in [7, 11) is -3.70. The Morgan fingerprint density at radius 1 is 1.23 bits per heavy atom. The fraction of sp³-hybridized carbons (Fsp3) is 0.500. The Morgan fingerprint density at radius 2 is 1.88 bits per heavy atom. The predicted molar refractivity (Wildman–Crippen MR) is 97.5 cm³/mol. The maximum atomic E-state index is 12.2. The molecule has 9 nitrogen and oxygen atoms in total. The molecule has 0 fully saturated rings. The molecule has 0 aliphatic heterocycles. The number of nitrogens with one attached hydrogen (secondary N) is 2. The highest BCUT2D eigenvalue weighted by atomic mass is 32.2. The second kappa shape index (κ2) is 8.86. The molecular weight excluding hydrogens is 362 g/mol. The van der Waals surface area contributed by atoms with Gasteiger partial charge in [-0.3, -0.25) is 9.59 Å². The summed E-state index contributed by atoms with van der Waals surface area (Å²) in [6.07, 6.45) is -0.166. The topological polar surface area (TPSA) is 159 Å². The number of rotatable bonds is 10. The zero-order valence-electron chi connectivity index (χ0n) is 14.8. The molecule has 0 radical (unpaired) electrons. The minimum absolute atomic E-state index is 0.0233. The van der Waals surface area contributed by atoms with Gasteiger partial charge in [-0.2, -0.15) is 0 Å². The monoisotopic (exact) mass is 387 g/mol. The third-order valence-electron chi connectivity index (χ3n) is 3.64. The van der Waals surface area contributed by atoms with Crippen LogP contribution in [-0.4, -0.2) is 56.0 Å². The van der Waals surface area contributed by atoms with E-state index in [2.05, 4.69) is 10.6 Å². The van der Waals surface area contributed by atoms with Crippen molar-refractivity contribution in [2.24, 2.45) is 5.41 Å². The molecule has 0 heterocycles. The van der Waals surface area contributed by atoms with Gasteiger partial charge in [0.2, 0.25) is 5.91 Å². The van der Waals surface area contributed by atoms with E-state index in [4.69, 9.17) is 15.9 Å². The Bertz CT molecular complexity index is 761. The molecule has 26 heavy (non-hydrogen) atoms. The summed E-state index contributed by atoms with van der Waals surface area (Å²) in [5.74, 6) is -1.90. The maximum absolute atomic E-state index is 12.2. The number of benzene rings is 1. The van der Waals surface area contributed by atoms with Crippen LogP contribution in [0.1, 0.15) is 20.3 Å². The molecule has 0 aliphatic rings. The first-order valence-corrected chi connectivity index (χ1v) is 9.62. The van der Waals surface area contributed by atoms with Crippen LogP contribution in [0.5, 0.6) is 0 Å². The molecule has 0 saturated carbocycles. The second-order valence-corrected chi connectivity index (χ2v) is 8.52. The number of aliphatic hydroxyl groups is 1. The minimum Gasteiger partial charge on any atom is -0.481 e. The molecule has 1 rings (SSSR count). The van der Waals surface area contributed by atoms with Gasteiger partial charge in [-0.25, -0.2) is 8.42 Å². The molecular formula is C16H25N3O6S. The molecule has 6 N–H and O–H groups in total. The number of hydrogen-bond acceptors (Lipinski definition) is 7. The highest BCUT2D eigenvalue weighted by molar-refractivity contribution is 7.91. The first-order chi connectivity index (χ1) is 12.0. The van der Waals surface area contributed by atoms with Gasteiger partial charge in [0.1, 0.15) is 0 Å². The van der Waals surface area contributed by atoms with Crippen molar-refractivity contribution in [1.82, 2.24) is 5.32 Å². The predicted octanol–water partition coefficient (Wildman–Crippen LogP) is 0.0638. The van der Waals surface area contributed by atoms with Crippen LogP contribution in [0.25, 0.3) is 0 Å². The number of aliphatic hydroxyl groups excluding tert-OH is 1. The Labute approximate surface area is 152 Å². The smallest absolute Gasteiger partial charge is 0.309 e. The fourth-order valence-corrected chi connectivity index (χ4v) is 3.36. The number of amides is 1. The van der Waals surface area contributed by atoms with Crippen molar-refractivity contribution in [3.8, 4) is 0 Å². The molecule has 0 aromatic heterocycles. The number of carboxylic acid groups (broad SMARTS) is 1. The number of aliphatic carboxylic acids is 1. The van der Waals surface area contributed by atoms with Gasteiger partial charge in [0.05, 0.1) is 28.4 Å². The van der Waals surface area contributed by atoms with Gasteiger partial charge >= 0.3 is 5.97 Å². The second-order valence-electron chi connectivity index (χ2n) is 6.44. The maximum Gasteiger partial charge on any atom is 0.309 e. The van der Waals surface area contributed by atoms with E-state index in [1.807, 2.05) is 0 Å². The van der Waals surface area contributed by atoms with Crippen LogP contribution in [0, 0.1) is 5.41 Å². The summed E-state index contributed by atoms with van der Waals surface area (Å²) in [5, 5.41) is 23.4. The van der Waals surface area contributed by atoms with E-state index < -0.39 is 39.5 Å². The van der Waals surface area contributed by atoms with E-state index in [-0.39, 0.29) is 30.1 Å². The number of hydrogen-bond donors (Lipinski definition) is 5. The Balaban J connectivity index is 2.67. The van der Waals surface area contributed by atoms with E-state index in [0.29, 0.717) is 5.69 Å². The van der Waals surface area contributed by atoms with Gasteiger partial charge in [0, 0.05) is 25.2 Å². The SMILES string of the molecule is CC(C)(CC(=O)NCCNc1ccc(N)cc1S(=O)(=O)CCO)C(=O)O. The highest BCUT2D eigenvalue weighted by Crippen LogP contribution is 2.25. The normalized spacial score (nSPS) is 11.8. The molecule has 1 amide bonds. The molecule has 1 aromatic carbocycles. The van der Waals surface area contributed by atoms with E-state index in [0.717, 1.165) is 0 Å². The van der Waals surface area contributed by atoms with Gasteiger partial charge in [-0.15, -0.1) is 0 Å². The largest absolute Gasteiger partial charge is 0.481 e. The van der Waals surface area contributed by atoms with Crippen molar-refractivity contribution in [3.63, 3.8) is 0 Å². The lowest BCUT2D eigenvalue weighted by atomic mass is 9.89. The van der Waals surface area contributed by atoms with Crippen LogP contribution in [-0.2, 0) is 19.4 Å². The number of sulfone groups is 1. The molecule has 0 atom stereocenters. The number of carbonyl (C=O) groups is 2. The molecule has 1 aromatic rings. The van der Waals surface area contributed by atoms with Gasteiger partial charge in [-0.1, -0.05) is 0 Å². The van der Waals surface area contributed by atoms with E-state index >= 15 is 0 Å². The molecule has 0 aliphatic carbocycles. The molecule has 10 heteroatoms. The summed E-state index contributed by atoms with van der Waals surface area (Å²) < 4.78 is 24.4. The Morgan fingerprint density at radius 3 is 2.46 bits per heavy atom. The summed E-state index contributed by atoms with van der Waals surface area (Å²) in [5.41, 5.74) is 5.06. The zero-order chi connectivity index (χ0) is 20.0. The van der Waals surface area contributed by atoms with Crippen molar-refractivity contribution in [2.45, 2.75) is 25.2 Å². The summed E-state index contributed by atoms with van der Waals surface area (Å²) in [4.78, 5) is 22.8. The number of nitrogens with two attached hydrogens (primary N) is 1. The standard InChI is InChI=1S/C16H25N3O6S/c1-16(2,15(22)23)10-14(21)19-6-5-18-12-4-3-11(17)9-13(12)26(24,25)8-7-20/h3-4,9,18,20H,5-8,10,17H2,1-2H3,(H,19,21)(H,22,23). The quantitative estimate of drug-likeness (QED) is 0.278. The number of anilines is 2. The van der Waals surface area contributed by atoms with E-state index in [1.165, 1.54) is 32.0 Å². The van der Waals surface area contributed by atoms with Gasteiger partial charge in [0.15, 0.2) is 9.84 Å². The van der Waals surface area contributed by atoms with Crippen LogP contribution in [0.2, 0.25) is 0 Å². The lowest BCUT2D eigenvalue weighted by molar-refractivity contribution is -0.149. The van der Waals surface area contributed by atoms with E-state index in [1.54, 1.807) is 0 Å². The van der Waals surface area contributed by atoms with Gasteiger partial charge in [-0.05, 0) is 32.0 Å². The fourth-order valence-electron chi connectivity index (χ4n) is 2.11. The number of nitrogen functional groups attached to an aromatic ring is 1. The average Bonchev–Trinajstić information content (AvgIpc) is 2.52. The van der Waals surface area contributed by atoms with Crippen LogP contribution in [0.4, 0.5) is 11.4 Å². The van der Waals surface area contributed by atoms with Crippen molar-refractivity contribution >= 4 is 33.1 Å². The van der Waals surface area contributed by atoms with Crippen molar-refractivity contribution in [3.05, 3.63) is 18.2 Å². The first kappa shape index (κ1) is 21.7. The van der Waals surface area contributed by atoms with Crippen molar-refractivity contribution in [1.29, 1.82) is 0 Å². The molecule has 146 valence electrons. The highest BCUT2D eigenvalue weighted by Gasteiger charge is 2.29. The average molecular weight is 387 g/mol. The summed E-state index contributed by atoms with van der Waals surface area (Å²) in [6, 6.07) is 4.35. The number of carboxylic acids is 1. The molecule has 0 unspecified atom stereocenters. The Hall–Kier alpha value is -2.33. The molecule has 0 spiro atoms. The zero-order valence-corrected chi connectivity index (χ0v) is 15.6. The van der Waals surface area contributed by atoms with E-state index in [9.17, 15) is 18.0 Å². The lowest BCUT2D eigenvalue weighted by Crippen LogP contribution is -2.35. The van der Waals surface area contributed by atoms with Gasteiger partial charge in [0.25, 0.3) is 0 Å². The molecule has 0 bridgehead atoms. The van der Waals surface area contributed by atoms with Crippen LogP contribution >= 0.6 is 0 Å². The minimum atomic E-state index is -3.70. The lowest BCUT2D eigenvalue weighted by Gasteiger charge is -2.18. The first-order valence-electron chi connectivity index (χ1n) is 7.97. The third kappa shape index (κ3) is 6.19. The van der Waals surface area contributed by atoms with Crippen LogP contribution in [0.15, 0.2) is 23.1 Å². The van der Waals surface area contributed by atoms with Crippen LogP contribution < -0.4 is 16.4 Å². The van der Waals surface area contributed by atoms with Crippen molar-refractivity contribution < 1.29 is 28.2 Å². The summed E-state index contributed by atoms with van der Waals surface area (Å²) in [6.45, 7) is 2.81. The number of carbonyl (C=O) groups excluding carboxylic acids is 1. The Kier molecular flexibility index (Phi) is 7.40. The summed E-state index contributed by atoms with van der Waals surface area (Å²) >= 11 is 0. The molecule has 0 saturated heterocycles. The van der Waals surface area contributed by atoms with Gasteiger partial charge < -0.3 is 26.6 Å².